The fourth-order valence-corrected chi connectivity index (χ4v) is 3.74. The van der Waals surface area contributed by atoms with Crippen molar-refractivity contribution in [1.29, 1.82) is 0 Å². The average molecular weight is 515 g/mol. The average Bonchev–Trinajstić information content (AvgIpc) is 3.20. The molecule has 6 nitrogen and oxygen atoms in total. The van der Waals surface area contributed by atoms with Crippen molar-refractivity contribution in [3.63, 3.8) is 0 Å². The second-order valence-corrected chi connectivity index (χ2v) is 8.56. The SMILES string of the molecule is C[C@@H](CO)NC(=O)c1cn(CCCNc2ccc(C(F)(F)F)cn2)cc1-c1ccc(Cl)cc1Cl. The third-order valence-corrected chi connectivity index (χ3v) is 5.54. The van der Waals surface area contributed by atoms with Gasteiger partial charge in [0.1, 0.15) is 5.82 Å². The minimum atomic E-state index is -4.43. The zero-order valence-electron chi connectivity index (χ0n) is 18.2. The molecular weight excluding hydrogens is 492 g/mol. The lowest BCUT2D eigenvalue weighted by atomic mass is 10.0. The third kappa shape index (κ3) is 6.65. The number of pyridine rings is 1. The molecule has 0 saturated carbocycles. The highest BCUT2D eigenvalue weighted by atomic mass is 35.5. The van der Waals surface area contributed by atoms with E-state index >= 15 is 0 Å². The van der Waals surface area contributed by atoms with E-state index in [0.717, 1.165) is 12.3 Å². The van der Waals surface area contributed by atoms with E-state index in [4.69, 9.17) is 23.2 Å². The van der Waals surface area contributed by atoms with Crippen LogP contribution in [0.15, 0.2) is 48.9 Å². The summed E-state index contributed by atoms with van der Waals surface area (Å²) in [5, 5.41) is 15.8. The van der Waals surface area contributed by atoms with Gasteiger partial charge in [-0.25, -0.2) is 4.98 Å². The van der Waals surface area contributed by atoms with E-state index in [-0.39, 0.29) is 12.5 Å². The molecule has 0 aliphatic rings. The molecule has 1 amide bonds. The van der Waals surface area contributed by atoms with Crippen LogP contribution in [0.25, 0.3) is 11.1 Å². The number of hydrogen-bond acceptors (Lipinski definition) is 4. The number of nitrogens with zero attached hydrogens (tertiary/aromatic N) is 2. The summed E-state index contributed by atoms with van der Waals surface area (Å²) in [7, 11) is 0. The Kier molecular flexibility index (Phi) is 8.46. The Morgan fingerprint density at radius 1 is 1.18 bits per heavy atom. The number of halogens is 5. The topological polar surface area (TPSA) is 79.2 Å². The van der Waals surface area contributed by atoms with Gasteiger partial charge in [-0.3, -0.25) is 4.79 Å². The highest BCUT2D eigenvalue weighted by Crippen LogP contribution is 2.33. The lowest BCUT2D eigenvalue weighted by Gasteiger charge is -2.11. The normalized spacial score (nSPS) is 12.4. The molecule has 3 N–H and O–H groups in total. The zero-order chi connectivity index (χ0) is 24.9. The molecule has 11 heteroatoms. The fourth-order valence-electron chi connectivity index (χ4n) is 3.23. The summed E-state index contributed by atoms with van der Waals surface area (Å²) < 4.78 is 39.8. The predicted octanol–water partition coefficient (Wildman–Crippen LogP) is 5.49. The van der Waals surface area contributed by atoms with Crippen molar-refractivity contribution in [3.05, 3.63) is 70.1 Å². The molecule has 1 aromatic carbocycles. The first-order chi connectivity index (χ1) is 16.1. The number of hydrogen-bond donors (Lipinski definition) is 3. The molecule has 3 aromatic rings. The van der Waals surface area contributed by atoms with Gasteiger partial charge in [0.15, 0.2) is 0 Å². The van der Waals surface area contributed by atoms with Crippen LogP contribution in [0, 0.1) is 0 Å². The van der Waals surface area contributed by atoms with Gasteiger partial charge in [-0.1, -0.05) is 29.3 Å². The van der Waals surface area contributed by atoms with Gasteiger partial charge in [-0.2, -0.15) is 13.2 Å². The van der Waals surface area contributed by atoms with Crippen molar-refractivity contribution in [2.75, 3.05) is 18.5 Å². The maximum absolute atomic E-state index is 12.8. The first kappa shape index (κ1) is 25.9. The monoisotopic (exact) mass is 514 g/mol. The van der Waals surface area contributed by atoms with Crippen LogP contribution in [0.5, 0.6) is 0 Å². The van der Waals surface area contributed by atoms with Gasteiger partial charge < -0.3 is 20.3 Å². The number of aliphatic hydroxyl groups is 1. The summed E-state index contributed by atoms with van der Waals surface area (Å²) in [5.41, 5.74) is 0.836. The Labute approximate surface area is 204 Å². The van der Waals surface area contributed by atoms with Crippen molar-refractivity contribution in [2.24, 2.45) is 0 Å². The minimum absolute atomic E-state index is 0.201. The molecule has 2 heterocycles. The van der Waals surface area contributed by atoms with Crippen molar-refractivity contribution in [2.45, 2.75) is 32.1 Å². The highest BCUT2D eigenvalue weighted by Gasteiger charge is 2.30. The molecule has 34 heavy (non-hydrogen) atoms. The van der Waals surface area contributed by atoms with Crippen molar-refractivity contribution < 1.29 is 23.1 Å². The Morgan fingerprint density at radius 2 is 1.94 bits per heavy atom. The standard InChI is InChI=1S/C23H23Cl2F3N4O2/c1-14(13-33)31-22(34)19-12-32(11-18(19)17-5-4-16(24)9-20(17)25)8-2-7-29-21-6-3-15(10-30-21)23(26,27)28/h3-6,9-12,14,33H,2,7-8,13H2,1H3,(H,29,30)(H,31,34)/t14-/m0/s1. The van der Waals surface area contributed by atoms with E-state index in [2.05, 4.69) is 15.6 Å². The van der Waals surface area contributed by atoms with Crippen molar-refractivity contribution in [1.82, 2.24) is 14.9 Å². The summed E-state index contributed by atoms with van der Waals surface area (Å²) in [5.74, 6) is -0.0133. The number of aromatic nitrogens is 2. The van der Waals surface area contributed by atoms with Crippen molar-refractivity contribution in [3.8, 4) is 11.1 Å². The van der Waals surface area contributed by atoms with Gasteiger partial charge in [-0.15, -0.1) is 0 Å². The summed E-state index contributed by atoms with van der Waals surface area (Å²) in [6.45, 7) is 2.46. The first-order valence-corrected chi connectivity index (χ1v) is 11.2. The molecule has 0 saturated heterocycles. The summed E-state index contributed by atoms with van der Waals surface area (Å²) in [4.78, 5) is 16.6. The second-order valence-electron chi connectivity index (χ2n) is 7.71. The summed E-state index contributed by atoms with van der Waals surface area (Å²) in [6, 6.07) is 6.83. The van der Waals surface area contributed by atoms with Crippen LogP contribution in [-0.2, 0) is 12.7 Å². The van der Waals surface area contributed by atoms with Crippen molar-refractivity contribution >= 4 is 34.9 Å². The molecule has 0 unspecified atom stereocenters. The molecular formula is C23H23Cl2F3N4O2. The van der Waals surface area contributed by atoms with E-state index in [1.165, 1.54) is 6.07 Å². The molecule has 0 spiro atoms. The van der Waals surface area contributed by atoms with E-state index in [9.17, 15) is 23.1 Å². The van der Waals surface area contributed by atoms with Crippen LogP contribution in [0.1, 0.15) is 29.3 Å². The largest absolute Gasteiger partial charge is 0.417 e. The molecule has 2 aromatic heterocycles. The number of rotatable bonds is 9. The van der Waals surface area contributed by atoms with Gasteiger partial charge >= 0.3 is 6.18 Å². The van der Waals surface area contributed by atoms with Crippen LogP contribution in [0.4, 0.5) is 19.0 Å². The molecule has 0 aliphatic carbocycles. The van der Waals surface area contributed by atoms with Gasteiger partial charge in [0.05, 0.1) is 17.7 Å². The number of alkyl halides is 3. The number of carbonyl (C=O) groups excluding carboxylic acids is 1. The maximum atomic E-state index is 12.8. The van der Waals surface area contributed by atoms with Crippen LogP contribution >= 0.6 is 23.2 Å². The number of aryl methyl sites for hydroxylation is 1. The molecule has 0 fully saturated rings. The number of nitrogens with one attached hydrogen (secondary N) is 2. The molecule has 182 valence electrons. The van der Waals surface area contributed by atoms with E-state index in [1.807, 2.05) is 4.57 Å². The summed E-state index contributed by atoms with van der Waals surface area (Å²) in [6.07, 6.45) is 0.456. The third-order valence-electron chi connectivity index (χ3n) is 4.99. The smallest absolute Gasteiger partial charge is 0.394 e. The van der Waals surface area contributed by atoms with E-state index in [0.29, 0.717) is 52.1 Å². The van der Waals surface area contributed by atoms with E-state index in [1.54, 1.807) is 37.5 Å². The number of carbonyl (C=O) groups is 1. The van der Waals surface area contributed by atoms with Crippen LogP contribution in [0.3, 0.4) is 0 Å². The second kappa shape index (κ2) is 11.1. The Bertz CT molecular complexity index is 1130. The molecule has 1 atom stereocenters. The van der Waals surface area contributed by atoms with Crippen LogP contribution in [0.2, 0.25) is 10.0 Å². The number of aliphatic hydroxyl groups excluding tert-OH is 1. The lowest BCUT2D eigenvalue weighted by Crippen LogP contribution is -2.35. The molecule has 3 rings (SSSR count). The number of amides is 1. The minimum Gasteiger partial charge on any atom is -0.394 e. The van der Waals surface area contributed by atoms with Gasteiger partial charge in [-0.05, 0) is 37.6 Å². The van der Waals surface area contributed by atoms with Gasteiger partial charge in [0.25, 0.3) is 5.91 Å². The predicted molar refractivity (Wildman–Crippen MR) is 126 cm³/mol. The van der Waals surface area contributed by atoms with Crippen LogP contribution in [-0.4, -0.2) is 39.8 Å². The molecule has 0 radical (unpaired) electrons. The van der Waals surface area contributed by atoms with Gasteiger partial charge in [0, 0.05) is 58.9 Å². The summed E-state index contributed by atoms with van der Waals surface area (Å²) >= 11 is 12.4. The number of benzene rings is 1. The lowest BCUT2D eigenvalue weighted by molar-refractivity contribution is -0.137. The fraction of sp³-hybridized carbons (Fsp3) is 0.304. The number of anilines is 1. The Balaban J connectivity index is 1.71. The Morgan fingerprint density at radius 3 is 2.56 bits per heavy atom. The molecule has 0 bridgehead atoms. The Hall–Kier alpha value is -2.75. The molecule has 0 aliphatic heterocycles. The van der Waals surface area contributed by atoms with E-state index < -0.39 is 17.8 Å². The quantitative estimate of drug-likeness (QED) is 0.330. The van der Waals surface area contributed by atoms with Gasteiger partial charge in [0.2, 0.25) is 0 Å². The van der Waals surface area contributed by atoms with Crippen LogP contribution < -0.4 is 10.6 Å². The first-order valence-electron chi connectivity index (χ1n) is 10.4. The highest BCUT2D eigenvalue weighted by molar-refractivity contribution is 6.36. The maximum Gasteiger partial charge on any atom is 0.417 e. The zero-order valence-corrected chi connectivity index (χ0v) is 19.7.